The van der Waals surface area contributed by atoms with Gasteiger partial charge in [0, 0.05) is 5.38 Å². The average Bonchev–Trinajstić information content (AvgIpc) is 2.92. The van der Waals surface area contributed by atoms with Gasteiger partial charge in [-0.25, -0.2) is 4.98 Å². The second-order valence-electron chi connectivity index (χ2n) is 4.42. The molecule has 0 amide bonds. The van der Waals surface area contributed by atoms with Crippen LogP contribution in [0.2, 0.25) is 0 Å². The second-order valence-corrected chi connectivity index (χ2v) is 5.31. The molecule has 0 aliphatic carbocycles. The first-order valence-corrected chi connectivity index (χ1v) is 6.84. The minimum Gasteiger partial charge on any atom is -0.497 e. The quantitative estimate of drug-likeness (QED) is 0.875. The Hall–Kier alpha value is -2.08. The van der Waals surface area contributed by atoms with Gasteiger partial charge in [0.2, 0.25) is 0 Å². The molecule has 0 aliphatic heterocycles. The number of carbonyl (C=O) groups is 1. The number of nitrogen functional groups attached to an aromatic ring is 1. The number of hydrogen-bond acceptors (Lipinski definition) is 6. The van der Waals surface area contributed by atoms with Gasteiger partial charge in [0.25, 0.3) is 0 Å². The largest absolute Gasteiger partial charge is 0.497 e. The lowest BCUT2D eigenvalue weighted by Gasteiger charge is -2.25. The number of carbonyl (C=O) groups excluding carboxylic acids is 1. The van der Waals surface area contributed by atoms with Crippen molar-refractivity contribution in [3.05, 3.63) is 40.9 Å². The number of aromatic nitrogens is 1. The Kier molecular flexibility index (Phi) is 3.94. The molecule has 0 fully saturated rings. The number of nitrogens with two attached hydrogens (primary N) is 1. The van der Waals surface area contributed by atoms with Crippen molar-refractivity contribution >= 4 is 22.4 Å². The van der Waals surface area contributed by atoms with Crippen LogP contribution in [0.4, 0.5) is 5.13 Å². The van der Waals surface area contributed by atoms with Crippen LogP contribution in [0.15, 0.2) is 29.6 Å². The lowest BCUT2D eigenvalue weighted by molar-refractivity contribution is -0.145. The fourth-order valence-corrected chi connectivity index (χ4v) is 2.69. The third-order valence-corrected chi connectivity index (χ3v) is 3.97. The number of thiazole rings is 1. The summed E-state index contributed by atoms with van der Waals surface area (Å²) in [5.41, 5.74) is 6.04. The van der Waals surface area contributed by atoms with Gasteiger partial charge in [-0.2, -0.15) is 0 Å². The highest BCUT2D eigenvalue weighted by Gasteiger charge is 2.40. The Morgan fingerprint density at radius 1 is 1.30 bits per heavy atom. The van der Waals surface area contributed by atoms with Crippen molar-refractivity contribution in [2.24, 2.45) is 0 Å². The lowest BCUT2D eigenvalue weighted by atomic mass is 9.80. The Bertz CT molecular complexity index is 609. The zero-order valence-corrected chi connectivity index (χ0v) is 12.4. The first kappa shape index (κ1) is 14.3. The zero-order chi connectivity index (χ0) is 14.8. The van der Waals surface area contributed by atoms with Crippen molar-refractivity contribution in [3.63, 3.8) is 0 Å². The van der Waals surface area contributed by atoms with Gasteiger partial charge in [-0.3, -0.25) is 4.79 Å². The van der Waals surface area contributed by atoms with Gasteiger partial charge in [0.1, 0.15) is 11.2 Å². The van der Waals surface area contributed by atoms with Crippen molar-refractivity contribution in [1.82, 2.24) is 4.98 Å². The average molecular weight is 292 g/mol. The molecule has 0 radical (unpaired) electrons. The number of esters is 1. The van der Waals surface area contributed by atoms with E-state index in [0.717, 1.165) is 11.3 Å². The van der Waals surface area contributed by atoms with E-state index in [9.17, 15) is 4.79 Å². The molecular formula is C14H16N2O3S. The number of hydrogen-bond donors (Lipinski definition) is 1. The van der Waals surface area contributed by atoms with E-state index in [4.69, 9.17) is 15.2 Å². The molecule has 1 atom stereocenters. The highest BCUT2D eigenvalue weighted by atomic mass is 32.1. The van der Waals surface area contributed by atoms with Crippen LogP contribution in [0.1, 0.15) is 18.2 Å². The van der Waals surface area contributed by atoms with Gasteiger partial charge >= 0.3 is 5.97 Å². The molecule has 2 aromatic rings. The summed E-state index contributed by atoms with van der Waals surface area (Å²) in [6.07, 6.45) is 0. The predicted molar refractivity (Wildman–Crippen MR) is 78.0 cm³/mol. The van der Waals surface area contributed by atoms with Crippen LogP contribution in [-0.4, -0.2) is 25.2 Å². The van der Waals surface area contributed by atoms with Crippen LogP contribution in [0.5, 0.6) is 5.75 Å². The van der Waals surface area contributed by atoms with E-state index in [-0.39, 0.29) is 5.97 Å². The minimum absolute atomic E-state index is 0.382. The van der Waals surface area contributed by atoms with Gasteiger partial charge < -0.3 is 15.2 Å². The molecule has 1 aromatic heterocycles. The molecular weight excluding hydrogens is 276 g/mol. The zero-order valence-electron chi connectivity index (χ0n) is 11.5. The van der Waals surface area contributed by atoms with Gasteiger partial charge in [0.15, 0.2) is 5.13 Å². The van der Waals surface area contributed by atoms with Gasteiger partial charge in [-0.1, -0.05) is 12.1 Å². The Balaban J connectivity index is 2.54. The predicted octanol–water partition coefficient (Wildman–Crippen LogP) is 2.21. The van der Waals surface area contributed by atoms with Gasteiger partial charge in [-0.15, -0.1) is 11.3 Å². The Morgan fingerprint density at radius 2 is 1.95 bits per heavy atom. The van der Waals surface area contributed by atoms with E-state index in [1.807, 2.05) is 12.1 Å². The van der Waals surface area contributed by atoms with Crippen molar-refractivity contribution in [1.29, 1.82) is 0 Å². The van der Waals surface area contributed by atoms with Crippen LogP contribution in [0, 0.1) is 0 Å². The maximum atomic E-state index is 12.3. The standard InChI is InChI=1S/C14H16N2O3S/c1-14(12(17)19-3,11-8-20-13(15)16-11)9-4-6-10(18-2)7-5-9/h4-8H,1-3H3,(H2,15,16). The second kappa shape index (κ2) is 5.50. The Morgan fingerprint density at radius 3 is 2.40 bits per heavy atom. The monoisotopic (exact) mass is 292 g/mol. The van der Waals surface area contributed by atoms with Crippen molar-refractivity contribution in [3.8, 4) is 5.75 Å². The first-order valence-electron chi connectivity index (χ1n) is 5.96. The number of rotatable bonds is 4. The van der Waals surface area contributed by atoms with Crippen LogP contribution < -0.4 is 10.5 Å². The molecule has 0 spiro atoms. The molecule has 106 valence electrons. The SMILES string of the molecule is COC(=O)C(C)(c1ccc(OC)cc1)c1csc(N)n1. The van der Waals surface area contributed by atoms with Crippen LogP contribution in [0.25, 0.3) is 0 Å². The van der Waals surface area contributed by atoms with Crippen LogP contribution in [0.3, 0.4) is 0 Å². The minimum atomic E-state index is -0.991. The number of benzene rings is 1. The third-order valence-electron chi connectivity index (χ3n) is 3.30. The van der Waals surface area contributed by atoms with E-state index in [0.29, 0.717) is 10.8 Å². The maximum absolute atomic E-state index is 12.3. The molecule has 0 saturated carbocycles. The van der Waals surface area contributed by atoms with E-state index >= 15 is 0 Å². The summed E-state index contributed by atoms with van der Waals surface area (Å²) in [7, 11) is 2.95. The van der Waals surface area contributed by atoms with E-state index in [2.05, 4.69) is 4.98 Å². The molecule has 2 rings (SSSR count). The van der Waals surface area contributed by atoms with E-state index in [1.54, 1.807) is 31.5 Å². The highest BCUT2D eigenvalue weighted by molar-refractivity contribution is 7.13. The molecule has 1 heterocycles. The molecule has 6 heteroatoms. The molecule has 1 unspecified atom stereocenters. The smallest absolute Gasteiger partial charge is 0.322 e. The van der Waals surface area contributed by atoms with Crippen LogP contribution in [-0.2, 0) is 14.9 Å². The van der Waals surface area contributed by atoms with Crippen molar-refractivity contribution in [2.75, 3.05) is 20.0 Å². The molecule has 1 aromatic carbocycles. The summed E-state index contributed by atoms with van der Waals surface area (Å²) in [6, 6.07) is 7.25. The highest BCUT2D eigenvalue weighted by Crippen LogP contribution is 2.35. The summed E-state index contributed by atoms with van der Waals surface area (Å²) in [5.74, 6) is 0.340. The molecule has 0 bridgehead atoms. The fraction of sp³-hybridized carbons (Fsp3) is 0.286. The van der Waals surface area contributed by atoms with Gasteiger partial charge in [0.05, 0.1) is 19.9 Å². The number of nitrogens with zero attached hydrogens (tertiary/aromatic N) is 1. The molecule has 0 saturated heterocycles. The lowest BCUT2D eigenvalue weighted by Crippen LogP contribution is -2.35. The van der Waals surface area contributed by atoms with E-state index < -0.39 is 5.41 Å². The number of methoxy groups -OCH3 is 2. The van der Waals surface area contributed by atoms with E-state index in [1.165, 1.54) is 18.4 Å². The summed E-state index contributed by atoms with van der Waals surface area (Å²) >= 11 is 1.30. The maximum Gasteiger partial charge on any atom is 0.322 e. The third kappa shape index (κ3) is 2.34. The molecule has 2 N–H and O–H groups in total. The first-order chi connectivity index (χ1) is 9.52. The molecule has 5 nitrogen and oxygen atoms in total. The molecule has 20 heavy (non-hydrogen) atoms. The topological polar surface area (TPSA) is 74.4 Å². The summed E-state index contributed by atoms with van der Waals surface area (Å²) in [4.78, 5) is 16.5. The number of anilines is 1. The van der Waals surface area contributed by atoms with Crippen molar-refractivity contribution in [2.45, 2.75) is 12.3 Å². The number of ether oxygens (including phenoxy) is 2. The summed E-state index contributed by atoms with van der Waals surface area (Å²) in [5, 5.41) is 2.19. The van der Waals surface area contributed by atoms with Gasteiger partial charge in [-0.05, 0) is 24.6 Å². The normalized spacial score (nSPS) is 13.6. The fourth-order valence-electron chi connectivity index (χ4n) is 2.02. The molecule has 0 aliphatic rings. The summed E-state index contributed by atoms with van der Waals surface area (Å²) in [6.45, 7) is 1.77. The van der Waals surface area contributed by atoms with Crippen molar-refractivity contribution < 1.29 is 14.3 Å². The Labute approximate surface area is 121 Å². The van der Waals surface area contributed by atoms with Crippen LogP contribution >= 0.6 is 11.3 Å². The summed E-state index contributed by atoms with van der Waals surface area (Å²) < 4.78 is 10.1.